The van der Waals surface area contributed by atoms with E-state index in [-0.39, 0.29) is 0 Å². The van der Waals surface area contributed by atoms with Gasteiger partial charge in [0.25, 0.3) is 0 Å². The number of ether oxygens (including phenoxy) is 1. The molecule has 0 spiro atoms. The minimum Gasteiger partial charge on any atom is -0.493 e. The Kier molecular flexibility index (Phi) is 3.10. The Morgan fingerprint density at radius 1 is 1.33 bits per heavy atom. The van der Waals surface area contributed by atoms with Crippen molar-refractivity contribution in [3.63, 3.8) is 0 Å². The van der Waals surface area contributed by atoms with Crippen LogP contribution in [0.5, 0.6) is 5.75 Å². The van der Waals surface area contributed by atoms with Crippen LogP contribution < -0.4 is 10.1 Å². The van der Waals surface area contributed by atoms with Crippen LogP contribution in [0.2, 0.25) is 0 Å². The zero-order valence-electron chi connectivity index (χ0n) is 10.6. The Labute approximate surface area is 112 Å². The Hall–Kier alpha value is -1.32. The summed E-state index contributed by atoms with van der Waals surface area (Å²) in [6, 6.07) is 10.9. The molecule has 0 saturated heterocycles. The number of hydrogen-bond acceptors (Lipinski definition) is 3. The van der Waals surface area contributed by atoms with Crippen molar-refractivity contribution in [3.05, 3.63) is 51.7 Å². The van der Waals surface area contributed by atoms with E-state index in [1.165, 1.54) is 16.0 Å². The van der Waals surface area contributed by atoms with Crippen molar-refractivity contribution in [2.75, 3.05) is 13.7 Å². The normalized spacial score (nSPS) is 19.3. The zero-order valence-corrected chi connectivity index (χ0v) is 11.5. The Morgan fingerprint density at radius 3 is 2.89 bits per heavy atom. The maximum Gasteiger partial charge on any atom is 0.122 e. The lowest BCUT2D eigenvalue weighted by Crippen LogP contribution is -2.24. The predicted octanol–water partition coefficient (Wildman–Crippen LogP) is 3.49. The third-order valence-electron chi connectivity index (χ3n) is 3.63. The molecule has 0 fully saturated rings. The second-order valence-corrected chi connectivity index (χ2v) is 5.64. The molecule has 1 aromatic heterocycles. The molecule has 3 rings (SSSR count). The lowest BCUT2D eigenvalue weighted by Gasteiger charge is -2.22. The van der Waals surface area contributed by atoms with Gasteiger partial charge in [0.2, 0.25) is 0 Å². The molecule has 0 bridgehead atoms. The number of hydrogen-bond donors (Lipinski definition) is 1. The second kappa shape index (κ2) is 4.75. The van der Waals surface area contributed by atoms with Gasteiger partial charge in [-0.25, -0.2) is 0 Å². The first-order valence-electron chi connectivity index (χ1n) is 6.24. The summed E-state index contributed by atoms with van der Waals surface area (Å²) in [5, 5.41) is 5.62. The minimum atomic E-state index is 0.341. The van der Waals surface area contributed by atoms with Crippen LogP contribution in [0, 0.1) is 6.92 Å². The molecule has 1 aliphatic rings. The summed E-state index contributed by atoms with van der Waals surface area (Å²) in [6.07, 6.45) is 0. The van der Waals surface area contributed by atoms with E-state index in [1.54, 1.807) is 0 Å². The summed E-state index contributed by atoms with van der Waals surface area (Å²) >= 11 is 1.83. The molecule has 2 unspecified atom stereocenters. The van der Waals surface area contributed by atoms with E-state index in [2.05, 4.69) is 41.9 Å². The highest BCUT2D eigenvalue weighted by Crippen LogP contribution is 2.42. The van der Waals surface area contributed by atoms with Gasteiger partial charge in [-0.3, -0.25) is 0 Å². The molecular weight excluding hydrogens is 242 g/mol. The molecule has 1 aliphatic heterocycles. The molecule has 1 aromatic carbocycles. The van der Waals surface area contributed by atoms with Crippen LogP contribution in [0.25, 0.3) is 0 Å². The maximum atomic E-state index is 5.80. The number of thiophene rings is 1. The number of benzene rings is 1. The SMILES string of the molecule is CNC(c1sccc1C)C1COc2ccccc21. The summed E-state index contributed by atoms with van der Waals surface area (Å²) in [4.78, 5) is 1.42. The van der Waals surface area contributed by atoms with Gasteiger partial charge in [0, 0.05) is 16.4 Å². The van der Waals surface area contributed by atoms with E-state index in [0.717, 1.165) is 12.4 Å². The van der Waals surface area contributed by atoms with Crippen LogP contribution in [0.15, 0.2) is 35.7 Å². The topological polar surface area (TPSA) is 21.3 Å². The van der Waals surface area contributed by atoms with E-state index >= 15 is 0 Å². The molecule has 2 nitrogen and oxygen atoms in total. The van der Waals surface area contributed by atoms with Crippen LogP contribution in [-0.4, -0.2) is 13.7 Å². The summed E-state index contributed by atoms with van der Waals surface area (Å²) < 4.78 is 5.80. The molecular formula is C15H17NOS. The van der Waals surface area contributed by atoms with Gasteiger partial charge in [-0.05, 0) is 37.0 Å². The highest BCUT2D eigenvalue weighted by Gasteiger charge is 2.32. The fraction of sp³-hybridized carbons (Fsp3) is 0.333. The Balaban J connectivity index is 1.98. The number of rotatable bonds is 3. The van der Waals surface area contributed by atoms with Crippen LogP contribution in [0.3, 0.4) is 0 Å². The van der Waals surface area contributed by atoms with Crippen molar-refractivity contribution in [2.45, 2.75) is 18.9 Å². The van der Waals surface area contributed by atoms with Crippen molar-refractivity contribution >= 4 is 11.3 Å². The first-order valence-corrected chi connectivity index (χ1v) is 7.12. The van der Waals surface area contributed by atoms with E-state index in [4.69, 9.17) is 4.74 Å². The van der Waals surface area contributed by atoms with Crippen LogP contribution in [0.4, 0.5) is 0 Å². The molecule has 0 amide bonds. The Morgan fingerprint density at radius 2 is 2.17 bits per heavy atom. The van der Waals surface area contributed by atoms with Crippen molar-refractivity contribution in [1.82, 2.24) is 5.32 Å². The molecule has 94 valence electrons. The minimum absolute atomic E-state index is 0.341. The average Bonchev–Trinajstić information content (AvgIpc) is 2.99. The van der Waals surface area contributed by atoms with E-state index in [1.807, 2.05) is 24.5 Å². The number of nitrogens with one attached hydrogen (secondary N) is 1. The fourth-order valence-corrected chi connectivity index (χ4v) is 3.78. The summed E-state index contributed by atoms with van der Waals surface area (Å²) in [7, 11) is 2.03. The molecule has 3 heteroatoms. The lowest BCUT2D eigenvalue weighted by atomic mass is 9.91. The molecule has 0 saturated carbocycles. The summed E-state index contributed by atoms with van der Waals surface area (Å²) in [6.45, 7) is 2.94. The van der Waals surface area contributed by atoms with Crippen molar-refractivity contribution in [1.29, 1.82) is 0 Å². The smallest absolute Gasteiger partial charge is 0.122 e. The number of aryl methyl sites for hydroxylation is 1. The molecule has 1 N–H and O–H groups in total. The zero-order chi connectivity index (χ0) is 12.5. The molecule has 2 atom stereocenters. The van der Waals surface area contributed by atoms with Gasteiger partial charge in [-0.2, -0.15) is 0 Å². The summed E-state index contributed by atoms with van der Waals surface area (Å²) in [5.41, 5.74) is 2.69. The molecule has 0 aliphatic carbocycles. The van der Waals surface area contributed by atoms with Gasteiger partial charge in [-0.1, -0.05) is 18.2 Å². The fourth-order valence-electron chi connectivity index (χ4n) is 2.68. The average molecular weight is 259 g/mol. The van der Waals surface area contributed by atoms with Gasteiger partial charge in [0.05, 0.1) is 12.6 Å². The van der Waals surface area contributed by atoms with E-state index in [9.17, 15) is 0 Å². The van der Waals surface area contributed by atoms with Gasteiger partial charge in [-0.15, -0.1) is 11.3 Å². The van der Waals surface area contributed by atoms with Crippen LogP contribution in [-0.2, 0) is 0 Å². The van der Waals surface area contributed by atoms with Crippen LogP contribution >= 0.6 is 11.3 Å². The predicted molar refractivity (Wildman–Crippen MR) is 75.5 cm³/mol. The number of likely N-dealkylation sites (N-methyl/N-ethyl adjacent to an activating group) is 1. The summed E-state index contributed by atoms with van der Waals surface area (Å²) in [5.74, 6) is 1.44. The molecule has 0 radical (unpaired) electrons. The van der Waals surface area contributed by atoms with Gasteiger partial charge >= 0.3 is 0 Å². The number of para-hydroxylation sites is 1. The highest BCUT2D eigenvalue weighted by molar-refractivity contribution is 7.10. The maximum absolute atomic E-state index is 5.80. The largest absolute Gasteiger partial charge is 0.493 e. The highest BCUT2D eigenvalue weighted by atomic mass is 32.1. The molecule has 2 aromatic rings. The molecule has 2 heterocycles. The van der Waals surface area contributed by atoms with Gasteiger partial charge < -0.3 is 10.1 Å². The standard InChI is InChI=1S/C15H17NOS/c1-10-7-8-18-15(10)14(16-2)12-9-17-13-6-4-3-5-11(12)13/h3-8,12,14,16H,9H2,1-2H3. The van der Waals surface area contributed by atoms with E-state index in [0.29, 0.717) is 12.0 Å². The first kappa shape index (κ1) is 11.8. The van der Waals surface area contributed by atoms with E-state index < -0.39 is 0 Å². The first-order chi connectivity index (χ1) is 8.81. The quantitative estimate of drug-likeness (QED) is 0.911. The third-order valence-corrected chi connectivity index (χ3v) is 4.74. The van der Waals surface area contributed by atoms with Crippen molar-refractivity contribution in [3.8, 4) is 5.75 Å². The number of fused-ring (bicyclic) bond motifs is 1. The Bertz CT molecular complexity index is 549. The molecule has 18 heavy (non-hydrogen) atoms. The van der Waals surface area contributed by atoms with Crippen molar-refractivity contribution in [2.24, 2.45) is 0 Å². The second-order valence-electron chi connectivity index (χ2n) is 4.69. The third kappa shape index (κ3) is 1.84. The van der Waals surface area contributed by atoms with Crippen molar-refractivity contribution < 1.29 is 4.74 Å². The monoisotopic (exact) mass is 259 g/mol. The van der Waals surface area contributed by atoms with Gasteiger partial charge in [0.1, 0.15) is 5.75 Å². The lowest BCUT2D eigenvalue weighted by molar-refractivity contribution is 0.305. The van der Waals surface area contributed by atoms with Crippen LogP contribution in [0.1, 0.15) is 28.0 Å². The van der Waals surface area contributed by atoms with Gasteiger partial charge in [0.15, 0.2) is 0 Å².